The monoisotopic (exact) mass is 406 g/mol. The predicted molar refractivity (Wildman–Crippen MR) is 108 cm³/mol. The molecule has 1 aromatic carbocycles. The smallest absolute Gasteiger partial charge is 0.219 e. The Morgan fingerprint density at radius 1 is 1.08 bits per heavy atom. The van der Waals surface area contributed by atoms with Crippen LogP contribution in [0, 0.1) is 6.92 Å². The number of halogens is 3. The average Bonchev–Trinajstić information content (AvgIpc) is 2.62. The molecule has 0 aliphatic heterocycles. The summed E-state index contributed by atoms with van der Waals surface area (Å²) >= 11 is 18.1. The van der Waals surface area contributed by atoms with Gasteiger partial charge in [0.05, 0.1) is 10.7 Å². The predicted octanol–water partition coefficient (Wildman–Crippen LogP) is 4.06. The van der Waals surface area contributed by atoms with E-state index in [9.17, 15) is 0 Å². The Morgan fingerprint density at radius 3 is 2.65 bits per heavy atom. The molecule has 0 aliphatic rings. The number of rotatable bonds is 6. The van der Waals surface area contributed by atoms with Gasteiger partial charge in [0.1, 0.15) is 22.9 Å². The largest absolute Gasteiger partial charge is 0.437 e. The van der Waals surface area contributed by atoms with E-state index in [1.54, 1.807) is 30.5 Å². The molecule has 9 heteroatoms. The van der Waals surface area contributed by atoms with E-state index in [0.29, 0.717) is 39.0 Å². The number of pyridine rings is 1. The third-order valence-corrected chi connectivity index (χ3v) is 4.56. The van der Waals surface area contributed by atoms with Crippen LogP contribution in [0.3, 0.4) is 0 Å². The van der Waals surface area contributed by atoms with Crippen molar-refractivity contribution >= 4 is 53.4 Å². The molecule has 0 radical (unpaired) electrons. The highest BCUT2D eigenvalue weighted by Crippen LogP contribution is 2.30. The molecule has 5 nitrogen and oxygen atoms in total. The minimum absolute atomic E-state index is 0.435. The Bertz CT molecular complexity index is 909. The third-order valence-electron chi connectivity index (χ3n) is 3.58. The zero-order valence-corrected chi connectivity index (χ0v) is 16.1. The van der Waals surface area contributed by atoms with Gasteiger partial charge >= 0.3 is 0 Å². The van der Waals surface area contributed by atoms with Gasteiger partial charge in [0.25, 0.3) is 0 Å². The molecular formula is C17H14BCl3N4O. The second-order valence-corrected chi connectivity index (χ2v) is 6.70. The molecule has 0 fully saturated rings. The van der Waals surface area contributed by atoms with Gasteiger partial charge in [0.2, 0.25) is 5.88 Å². The normalized spacial score (nSPS) is 10.5. The van der Waals surface area contributed by atoms with Gasteiger partial charge in [-0.3, -0.25) is 0 Å². The van der Waals surface area contributed by atoms with Gasteiger partial charge in [0, 0.05) is 17.3 Å². The van der Waals surface area contributed by atoms with Crippen LogP contribution in [0.5, 0.6) is 11.6 Å². The summed E-state index contributed by atoms with van der Waals surface area (Å²) in [5.41, 5.74) is 1.79. The second kappa shape index (κ2) is 8.58. The highest BCUT2D eigenvalue weighted by Gasteiger charge is 2.07. The molecule has 1 N–H and O–H groups in total. The van der Waals surface area contributed by atoms with E-state index in [1.165, 1.54) is 6.33 Å². The minimum Gasteiger partial charge on any atom is -0.437 e. The number of aromatic nitrogens is 3. The van der Waals surface area contributed by atoms with Crippen molar-refractivity contribution in [2.24, 2.45) is 0 Å². The first-order valence-electron chi connectivity index (χ1n) is 7.82. The lowest BCUT2D eigenvalue weighted by Gasteiger charge is -2.09. The van der Waals surface area contributed by atoms with Crippen molar-refractivity contribution in [3.63, 3.8) is 0 Å². The number of benzene rings is 1. The van der Waals surface area contributed by atoms with Crippen molar-refractivity contribution in [2.75, 3.05) is 11.8 Å². The molecule has 2 aromatic heterocycles. The van der Waals surface area contributed by atoms with Crippen molar-refractivity contribution in [3.8, 4) is 11.6 Å². The molecule has 26 heavy (non-hydrogen) atoms. The van der Waals surface area contributed by atoms with Crippen LogP contribution in [-0.4, -0.2) is 28.7 Å². The van der Waals surface area contributed by atoms with Gasteiger partial charge in [-0.2, -0.15) is 0 Å². The number of nitrogens with one attached hydrogen (secondary N) is 1. The first-order valence-corrected chi connectivity index (χ1v) is 8.95. The van der Waals surface area contributed by atoms with Crippen LogP contribution in [0.15, 0.2) is 42.9 Å². The summed E-state index contributed by atoms with van der Waals surface area (Å²) in [4.78, 5) is 12.5. The molecule has 0 spiro atoms. The highest BCUT2D eigenvalue weighted by atomic mass is 35.5. The van der Waals surface area contributed by atoms with E-state index < -0.39 is 0 Å². The number of hydrogen-bond donors (Lipinski definition) is 1. The molecule has 2 heterocycles. The summed E-state index contributed by atoms with van der Waals surface area (Å²) in [6.45, 7) is 1.84. The van der Waals surface area contributed by atoms with Gasteiger partial charge < -0.3 is 10.1 Å². The van der Waals surface area contributed by atoms with Crippen LogP contribution in [0.2, 0.25) is 15.1 Å². The Labute approximate surface area is 166 Å². The van der Waals surface area contributed by atoms with Crippen LogP contribution in [0.1, 0.15) is 5.69 Å². The Balaban J connectivity index is 1.57. The van der Waals surface area contributed by atoms with Crippen LogP contribution in [0.25, 0.3) is 0 Å². The van der Waals surface area contributed by atoms with Gasteiger partial charge in [-0.05, 0) is 31.6 Å². The van der Waals surface area contributed by atoms with Crippen molar-refractivity contribution in [2.45, 2.75) is 6.92 Å². The summed E-state index contributed by atoms with van der Waals surface area (Å²) in [5.74, 6) is 1.59. The number of anilines is 1. The fourth-order valence-corrected chi connectivity index (χ4v) is 2.81. The molecule has 0 aliphatic carbocycles. The zero-order valence-electron chi connectivity index (χ0n) is 13.8. The van der Waals surface area contributed by atoms with E-state index in [4.69, 9.17) is 39.5 Å². The van der Waals surface area contributed by atoms with Gasteiger partial charge in [-0.25, -0.2) is 15.0 Å². The maximum atomic E-state index is 6.16. The first-order chi connectivity index (χ1) is 12.5. The van der Waals surface area contributed by atoms with E-state index in [0.717, 1.165) is 18.4 Å². The summed E-state index contributed by atoms with van der Waals surface area (Å²) in [7, 11) is 0.758. The van der Waals surface area contributed by atoms with Crippen molar-refractivity contribution in [1.29, 1.82) is 0 Å². The third kappa shape index (κ3) is 4.78. The summed E-state index contributed by atoms with van der Waals surface area (Å²) in [5, 5.41) is 4.72. The number of aryl methyl sites for hydroxylation is 1. The van der Waals surface area contributed by atoms with Gasteiger partial charge in [0.15, 0.2) is 7.28 Å². The molecule has 3 aromatic rings. The Kier molecular flexibility index (Phi) is 6.19. The van der Waals surface area contributed by atoms with Crippen LogP contribution in [-0.2, 0) is 0 Å². The number of hydrogen-bond acceptors (Lipinski definition) is 5. The maximum Gasteiger partial charge on any atom is 0.219 e. The quantitative estimate of drug-likeness (QED) is 0.625. The highest BCUT2D eigenvalue weighted by molar-refractivity contribution is 6.54. The lowest BCUT2D eigenvalue weighted by molar-refractivity contribution is 0.463. The fourth-order valence-electron chi connectivity index (χ4n) is 2.20. The summed E-state index contributed by atoms with van der Waals surface area (Å²) in [6.07, 6.45) is 3.91. The van der Waals surface area contributed by atoms with Crippen molar-refractivity contribution in [3.05, 3.63) is 63.6 Å². The molecule has 0 saturated carbocycles. The molecule has 0 atom stereocenters. The van der Waals surface area contributed by atoms with E-state index >= 15 is 0 Å². The zero-order chi connectivity index (χ0) is 18.5. The van der Waals surface area contributed by atoms with Crippen LogP contribution >= 0.6 is 34.8 Å². The number of nitrogens with zero attached hydrogens (tertiary/aromatic N) is 3. The summed E-state index contributed by atoms with van der Waals surface area (Å²) in [6, 6.07) is 8.78. The van der Waals surface area contributed by atoms with Crippen molar-refractivity contribution < 1.29 is 4.74 Å². The maximum absolute atomic E-state index is 6.16. The van der Waals surface area contributed by atoms with Crippen molar-refractivity contribution in [1.82, 2.24) is 15.0 Å². The molecule has 0 bridgehead atoms. The topological polar surface area (TPSA) is 59.9 Å². The molecular weight excluding hydrogens is 393 g/mol. The first kappa shape index (κ1) is 18.8. The Morgan fingerprint density at radius 2 is 1.92 bits per heavy atom. The minimum atomic E-state index is 0.435. The number of ether oxygens (including phenoxy) is 1. The fraction of sp³-hybridized carbons (Fsp3) is 0.118. The summed E-state index contributed by atoms with van der Waals surface area (Å²) < 4.78 is 5.67. The average molecular weight is 407 g/mol. The lowest BCUT2D eigenvalue weighted by atomic mass is 9.71. The Hall–Kier alpha value is -2.02. The van der Waals surface area contributed by atoms with Gasteiger partial charge in [-0.1, -0.05) is 46.3 Å². The van der Waals surface area contributed by atoms with E-state index in [2.05, 4.69) is 20.3 Å². The second-order valence-electron chi connectivity index (χ2n) is 5.48. The SMILES string of the molecule is Cc1ncnc(NCBc2ccc(Oc3ccc(Cl)cc3Cl)nc2)c1Cl. The van der Waals surface area contributed by atoms with E-state index in [1.807, 2.05) is 13.0 Å². The lowest BCUT2D eigenvalue weighted by Crippen LogP contribution is -2.23. The van der Waals surface area contributed by atoms with Crippen LogP contribution < -0.4 is 15.5 Å². The molecule has 3 rings (SSSR count). The standard InChI is InChI=1S/C17H14BCl3N4O/c1-10-16(21)17(25-9-24-10)23-8-18-11-2-5-15(22-7-11)26-14-4-3-12(19)6-13(14)20/h2-7,9,18H,8H2,1H3,(H,23,24,25). The molecule has 0 amide bonds. The molecule has 132 valence electrons. The van der Waals surface area contributed by atoms with E-state index in [-0.39, 0.29) is 0 Å². The van der Waals surface area contributed by atoms with Gasteiger partial charge in [-0.15, -0.1) is 0 Å². The molecule has 0 saturated heterocycles. The van der Waals surface area contributed by atoms with Crippen LogP contribution in [0.4, 0.5) is 5.82 Å². The molecule has 0 unspecified atom stereocenters.